The lowest BCUT2D eigenvalue weighted by atomic mass is 10.0. The van der Waals surface area contributed by atoms with Gasteiger partial charge in [-0.3, -0.25) is 4.90 Å². The second-order valence-corrected chi connectivity index (χ2v) is 5.47. The van der Waals surface area contributed by atoms with Crippen LogP contribution >= 0.6 is 0 Å². The zero-order valence-electron chi connectivity index (χ0n) is 11.5. The first-order chi connectivity index (χ1) is 9.75. The van der Waals surface area contributed by atoms with Crippen LogP contribution in [0.4, 0.5) is 10.5 Å². The fourth-order valence-electron chi connectivity index (χ4n) is 2.90. The van der Waals surface area contributed by atoms with E-state index in [1.165, 1.54) is 0 Å². The van der Waals surface area contributed by atoms with Crippen LogP contribution in [0, 0.1) is 0 Å². The fraction of sp³-hybridized carbons (Fsp3) is 0.533. The zero-order chi connectivity index (χ0) is 13.9. The molecule has 0 bridgehead atoms. The predicted octanol–water partition coefficient (Wildman–Crippen LogP) is 1.79. The molecule has 1 aromatic carbocycles. The highest BCUT2D eigenvalue weighted by molar-refractivity contribution is 5.93. The molecule has 2 aliphatic rings. The number of nitrogens with two attached hydrogens (primary N) is 1. The lowest BCUT2D eigenvalue weighted by Crippen LogP contribution is -2.45. The van der Waals surface area contributed by atoms with Crippen molar-refractivity contribution in [3.05, 3.63) is 29.8 Å². The van der Waals surface area contributed by atoms with E-state index in [4.69, 9.17) is 10.5 Å². The molecule has 5 heteroatoms. The first-order valence-corrected chi connectivity index (χ1v) is 7.26. The van der Waals surface area contributed by atoms with Gasteiger partial charge in [0, 0.05) is 19.2 Å². The van der Waals surface area contributed by atoms with Crippen LogP contribution in [0.25, 0.3) is 0 Å². The van der Waals surface area contributed by atoms with Crippen molar-refractivity contribution in [2.75, 3.05) is 24.7 Å². The molecule has 5 nitrogen and oxygen atoms in total. The molecule has 3 rings (SSSR count). The summed E-state index contributed by atoms with van der Waals surface area (Å²) in [6.45, 7) is 2.05. The highest BCUT2D eigenvalue weighted by Gasteiger charge is 2.26. The number of ether oxygens (including phenoxy) is 1. The second-order valence-electron chi connectivity index (χ2n) is 5.47. The number of hydrogen-bond acceptors (Lipinski definition) is 3. The van der Waals surface area contributed by atoms with Gasteiger partial charge in [-0.15, -0.1) is 0 Å². The Morgan fingerprint density at radius 2 is 2.20 bits per heavy atom. The number of anilines is 1. The number of carbonyl (C=O) groups excluding carboxylic acids is 1. The molecule has 20 heavy (non-hydrogen) atoms. The molecule has 108 valence electrons. The molecule has 2 unspecified atom stereocenters. The molecule has 1 saturated heterocycles. The van der Waals surface area contributed by atoms with Crippen LogP contribution < -0.4 is 16.0 Å². The molecule has 0 spiro atoms. The van der Waals surface area contributed by atoms with Crippen molar-refractivity contribution in [2.45, 2.75) is 31.3 Å². The number of rotatable bonds is 1. The highest BCUT2D eigenvalue weighted by atomic mass is 16.5. The Bertz CT molecular complexity index is 486. The molecule has 3 N–H and O–H groups in total. The third kappa shape index (κ3) is 2.64. The number of carbonyl (C=O) groups is 1. The highest BCUT2D eigenvalue weighted by Crippen LogP contribution is 2.31. The fourth-order valence-corrected chi connectivity index (χ4v) is 2.90. The summed E-state index contributed by atoms with van der Waals surface area (Å²) < 4.78 is 5.30. The molecule has 2 aliphatic heterocycles. The minimum absolute atomic E-state index is 0.0128. The van der Waals surface area contributed by atoms with E-state index in [2.05, 4.69) is 5.32 Å². The number of para-hydroxylation sites is 1. The van der Waals surface area contributed by atoms with Crippen molar-refractivity contribution in [1.29, 1.82) is 0 Å². The van der Waals surface area contributed by atoms with Crippen molar-refractivity contribution in [3.63, 3.8) is 0 Å². The predicted molar refractivity (Wildman–Crippen MR) is 77.7 cm³/mol. The van der Waals surface area contributed by atoms with Crippen LogP contribution in [0.15, 0.2) is 24.3 Å². The van der Waals surface area contributed by atoms with Crippen molar-refractivity contribution in [2.24, 2.45) is 5.73 Å². The third-order valence-electron chi connectivity index (χ3n) is 4.03. The summed E-state index contributed by atoms with van der Waals surface area (Å²) in [5, 5.41) is 3.05. The van der Waals surface area contributed by atoms with E-state index in [0.29, 0.717) is 13.2 Å². The number of amides is 2. The molecule has 2 atom stereocenters. The maximum absolute atomic E-state index is 12.5. The topological polar surface area (TPSA) is 67.6 Å². The molecule has 0 saturated carbocycles. The van der Waals surface area contributed by atoms with Gasteiger partial charge in [0.1, 0.15) is 0 Å². The molecule has 0 aromatic heterocycles. The van der Waals surface area contributed by atoms with Gasteiger partial charge in [-0.1, -0.05) is 18.2 Å². The Labute approximate surface area is 119 Å². The number of nitrogens with zero attached hydrogens (tertiary/aromatic N) is 1. The van der Waals surface area contributed by atoms with E-state index in [9.17, 15) is 4.79 Å². The first-order valence-electron chi connectivity index (χ1n) is 7.26. The quantitative estimate of drug-likeness (QED) is 0.821. The lowest BCUT2D eigenvalue weighted by Gasteiger charge is -2.25. The lowest BCUT2D eigenvalue weighted by molar-refractivity contribution is 0.189. The van der Waals surface area contributed by atoms with Crippen molar-refractivity contribution in [1.82, 2.24) is 5.32 Å². The summed E-state index contributed by atoms with van der Waals surface area (Å²) in [7, 11) is 0. The van der Waals surface area contributed by atoms with Crippen molar-refractivity contribution >= 4 is 11.7 Å². The van der Waals surface area contributed by atoms with E-state index in [1.54, 1.807) is 0 Å². The number of hydrogen-bond donors (Lipinski definition) is 2. The van der Waals surface area contributed by atoms with E-state index in [-0.39, 0.29) is 18.1 Å². The maximum Gasteiger partial charge on any atom is 0.322 e. The SMILES string of the molecule is NC1CCCN(C(=O)NC2CCOC2)c2ccccc21. The van der Waals surface area contributed by atoms with Crippen LogP contribution in [-0.4, -0.2) is 31.8 Å². The van der Waals surface area contributed by atoms with Gasteiger partial charge in [-0.2, -0.15) is 0 Å². The van der Waals surface area contributed by atoms with E-state index in [1.807, 2.05) is 29.2 Å². The van der Waals surface area contributed by atoms with Gasteiger partial charge in [0.15, 0.2) is 0 Å². The minimum atomic E-state index is -0.0398. The number of benzene rings is 1. The summed E-state index contributed by atoms with van der Waals surface area (Å²) in [5.74, 6) is 0. The first kappa shape index (κ1) is 13.4. The van der Waals surface area contributed by atoms with Crippen LogP contribution in [0.5, 0.6) is 0 Å². The summed E-state index contributed by atoms with van der Waals surface area (Å²) >= 11 is 0. The van der Waals surface area contributed by atoms with Gasteiger partial charge in [-0.25, -0.2) is 4.79 Å². The maximum atomic E-state index is 12.5. The van der Waals surface area contributed by atoms with Crippen LogP contribution in [-0.2, 0) is 4.74 Å². The summed E-state index contributed by atoms with van der Waals surface area (Å²) in [6, 6.07) is 8.03. The average Bonchev–Trinajstić information content (AvgIpc) is 2.90. The van der Waals surface area contributed by atoms with Gasteiger partial charge in [0.2, 0.25) is 0 Å². The Kier molecular flexibility index (Phi) is 3.89. The van der Waals surface area contributed by atoms with Crippen molar-refractivity contribution in [3.8, 4) is 0 Å². The molecule has 0 aliphatic carbocycles. The van der Waals surface area contributed by atoms with Crippen LogP contribution in [0.2, 0.25) is 0 Å². The van der Waals surface area contributed by atoms with Gasteiger partial charge < -0.3 is 15.8 Å². The summed E-state index contributed by atoms with van der Waals surface area (Å²) in [6.07, 6.45) is 2.72. The molecule has 2 heterocycles. The Morgan fingerprint density at radius 1 is 1.35 bits per heavy atom. The van der Waals surface area contributed by atoms with Gasteiger partial charge in [0.05, 0.1) is 18.3 Å². The van der Waals surface area contributed by atoms with E-state index in [0.717, 1.165) is 37.1 Å². The van der Waals surface area contributed by atoms with Gasteiger partial charge in [-0.05, 0) is 30.9 Å². The van der Waals surface area contributed by atoms with Gasteiger partial charge in [0.25, 0.3) is 0 Å². The molecular formula is C15H21N3O2. The van der Waals surface area contributed by atoms with Crippen molar-refractivity contribution < 1.29 is 9.53 Å². The second kappa shape index (κ2) is 5.81. The summed E-state index contributed by atoms with van der Waals surface area (Å²) in [5.41, 5.74) is 8.19. The molecular weight excluding hydrogens is 254 g/mol. The molecule has 2 amide bonds. The molecule has 1 fully saturated rings. The van der Waals surface area contributed by atoms with Gasteiger partial charge >= 0.3 is 6.03 Å². The zero-order valence-corrected chi connectivity index (χ0v) is 11.5. The standard InChI is InChI=1S/C15H21N3O2/c16-13-5-3-8-18(14-6-2-1-4-12(13)14)15(19)17-11-7-9-20-10-11/h1-2,4,6,11,13H,3,5,7-10,16H2,(H,17,19). The smallest absolute Gasteiger partial charge is 0.322 e. The molecule has 1 aromatic rings. The Hall–Kier alpha value is -1.59. The minimum Gasteiger partial charge on any atom is -0.379 e. The summed E-state index contributed by atoms with van der Waals surface area (Å²) in [4.78, 5) is 14.3. The third-order valence-corrected chi connectivity index (χ3v) is 4.03. The van der Waals surface area contributed by atoms with Crippen LogP contribution in [0.1, 0.15) is 30.9 Å². The van der Waals surface area contributed by atoms with E-state index >= 15 is 0 Å². The Balaban J connectivity index is 1.81. The monoisotopic (exact) mass is 275 g/mol. The van der Waals surface area contributed by atoms with Crippen LogP contribution in [0.3, 0.4) is 0 Å². The molecule has 0 radical (unpaired) electrons. The normalized spacial score (nSPS) is 25.9. The van der Waals surface area contributed by atoms with E-state index < -0.39 is 0 Å². The number of fused-ring (bicyclic) bond motifs is 1. The largest absolute Gasteiger partial charge is 0.379 e. The Morgan fingerprint density at radius 3 is 3.00 bits per heavy atom. The number of urea groups is 1. The average molecular weight is 275 g/mol. The number of nitrogens with one attached hydrogen (secondary N) is 1.